The maximum atomic E-state index is 13.3. The van der Waals surface area contributed by atoms with Crippen molar-refractivity contribution < 1.29 is 13.5 Å². The van der Waals surface area contributed by atoms with Gasteiger partial charge in [-0.25, -0.2) is 8.78 Å². The van der Waals surface area contributed by atoms with E-state index >= 15 is 0 Å². The van der Waals surface area contributed by atoms with Gasteiger partial charge in [0.25, 0.3) is 0 Å². The third kappa shape index (κ3) is 3.76. The molecule has 0 saturated carbocycles. The molecule has 5 heteroatoms. The zero-order valence-electron chi connectivity index (χ0n) is 12.1. The molecule has 3 nitrogen and oxygen atoms in total. The van der Waals surface area contributed by atoms with Crippen LogP contribution in [0.25, 0.3) is 0 Å². The molecule has 112 valence electrons. The Labute approximate surface area is 123 Å². The summed E-state index contributed by atoms with van der Waals surface area (Å²) in [5.41, 5.74) is 1.66. The van der Waals surface area contributed by atoms with E-state index in [1.54, 1.807) is 25.6 Å². The van der Waals surface area contributed by atoms with Crippen LogP contribution in [-0.2, 0) is 6.42 Å². The third-order valence-corrected chi connectivity index (χ3v) is 3.29. The zero-order valence-corrected chi connectivity index (χ0v) is 12.1. The molecule has 0 aliphatic carbocycles. The minimum Gasteiger partial charge on any atom is -0.495 e. The highest BCUT2D eigenvalue weighted by Crippen LogP contribution is 2.27. The Bertz CT molecular complexity index is 605. The van der Waals surface area contributed by atoms with Crippen LogP contribution in [0.2, 0.25) is 0 Å². The minimum atomic E-state index is -0.833. The normalized spacial score (nSPS) is 12.2. The van der Waals surface area contributed by atoms with Crippen molar-refractivity contribution in [1.82, 2.24) is 10.3 Å². The third-order valence-electron chi connectivity index (χ3n) is 3.29. The van der Waals surface area contributed by atoms with Crippen LogP contribution in [0.15, 0.2) is 36.7 Å². The van der Waals surface area contributed by atoms with Gasteiger partial charge in [-0.05, 0) is 36.7 Å². The highest BCUT2D eigenvalue weighted by Gasteiger charge is 2.16. The number of rotatable bonds is 6. The number of aromatic nitrogens is 1. The number of ether oxygens (including phenoxy) is 1. The lowest BCUT2D eigenvalue weighted by molar-refractivity contribution is 0.397. The number of nitrogens with zero attached hydrogens (tertiary/aromatic N) is 1. The first-order chi connectivity index (χ1) is 10.2. The fourth-order valence-corrected chi connectivity index (χ4v) is 2.29. The van der Waals surface area contributed by atoms with Gasteiger partial charge in [-0.2, -0.15) is 0 Å². The topological polar surface area (TPSA) is 34.2 Å². The van der Waals surface area contributed by atoms with Crippen LogP contribution >= 0.6 is 0 Å². The van der Waals surface area contributed by atoms with Gasteiger partial charge in [-0.3, -0.25) is 4.98 Å². The van der Waals surface area contributed by atoms with Crippen molar-refractivity contribution in [3.8, 4) is 5.75 Å². The molecule has 0 saturated heterocycles. The average Bonchev–Trinajstić information content (AvgIpc) is 2.50. The van der Waals surface area contributed by atoms with Crippen molar-refractivity contribution in [1.29, 1.82) is 0 Å². The van der Waals surface area contributed by atoms with Gasteiger partial charge in [0.2, 0.25) is 0 Å². The Hall–Kier alpha value is -2.01. The van der Waals surface area contributed by atoms with E-state index in [4.69, 9.17) is 4.74 Å². The Morgan fingerprint density at radius 2 is 2.05 bits per heavy atom. The molecule has 0 radical (unpaired) electrons. The van der Waals surface area contributed by atoms with Gasteiger partial charge in [-0.1, -0.05) is 13.0 Å². The molecule has 0 aliphatic rings. The first-order valence-electron chi connectivity index (χ1n) is 6.81. The second-order valence-corrected chi connectivity index (χ2v) is 4.68. The quantitative estimate of drug-likeness (QED) is 0.887. The van der Waals surface area contributed by atoms with Crippen molar-refractivity contribution in [2.45, 2.75) is 19.4 Å². The summed E-state index contributed by atoms with van der Waals surface area (Å²) in [6.45, 7) is 2.74. The van der Waals surface area contributed by atoms with Crippen molar-refractivity contribution in [3.63, 3.8) is 0 Å². The molecule has 2 aromatic rings. The van der Waals surface area contributed by atoms with E-state index in [0.29, 0.717) is 12.2 Å². The lowest BCUT2D eigenvalue weighted by Crippen LogP contribution is -2.23. The number of benzene rings is 1. The van der Waals surface area contributed by atoms with Gasteiger partial charge in [0.05, 0.1) is 13.3 Å². The molecule has 21 heavy (non-hydrogen) atoms. The van der Waals surface area contributed by atoms with Crippen molar-refractivity contribution in [2.24, 2.45) is 0 Å². The molecule has 0 spiro atoms. The second-order valence-electron chi connectivity index (χ2n) is 4.68. The van der Waals surface area contributed by atoms with E-state index < -0.39 is 11.6 Å². The van der Waals surface area contributed by atoms with Gasteiger partial charge < -0.3 is 10.1 Å². The van der Waals surface area contributed by atoms with Gasteiger partial charge in [0.15, 0.2) is 11.6 Å². The highest BCUT2D eigenvalue weighted by molar-refractivity contribution is 5.34. The molecule has 0 fully saturated rings. The molecule has 1 unspecified atom stereocenters. The summed E-state index contributed by atoms with van der Waals surface area (Å²) >= 11 is 0. The predicted octanol–water partition coefficient (Wildman–Crippen LogP) is 3.26. The minimum absolute atomic E-state index is 0.0576. The van der Waals surface area contributed by atoms with Gasteiger partial charge in [0, 0.05) is 17.8 Å². The number of hydrogen-bond acceptors (Lipinski definition) is 3. The number of nitrogens with one attached hydrogen (secondary N) is 1. The molecule has 1 aromatic carbocycles. The fourth-order valence-electron chi connectivity index (χ4n) is 2.29. The van der Waals surface area contributed by atoms with Crippen LogP contribution in [0.4, 0.5) is 8.78 Å². The standard InChI is InChI=1S/C16H18F2N2O/c1-3-20-15(12-6-7-19-10-16(12)21-2)9-11-4-5-13(17)14(18)8-11/h4-8,10,15,20H,3,9H2,1-2H3. The summed E-state index contributed by atoms with van der Waals surface area (Å²) in [6.07, 6.45) is 3.86. The van der Waals surface area contributed by atoms with Gasteiger partial charge in [0.1, 0.15) is 5.75 Å². The molecule has 0 aliphatic heterocycles. The Balaban J connectivity index is 2.28. The molecular weight excluding hydrogens is 274 g/mol. The van der Waals surface area contributed by atoms with Crippen molar-refractivity contribution >= 4 is 0 Å². The molecule has 0 amide bonds. The van der Waals surface area contributed by atoms with Crippen LogP contribution in [0.1, 0.15) is 24.1 Å². The van der Waals surface area contributed by atoms with E-state index in [2.05, 4.69) is 10.3 Å². The average molecular weight is 292 g/mol. The summed E-state index contributed by atoms with van der Waals surface area (Å²) in [6, 6.07) is 5.78. The molecule has 0 bridgehead atoms. The largest absolute Gasteiger partial charge is 0.495 e. The predicted molar refractivity (Wildman–Crippen MR) is 77.3 cm³/mol. The number of halogens is 2. The van der Waals surface area contributed by atoms with Crippen LogP contribution in [0.3, 0.4) is 0 Å². The van der Waals surface area contributed by atoms with Crippen molar-refractivity contribution in [2.75, 3.05) is 13.7 Å². The summed E-state index contributed by atoms with van der Waals surface area (Å²) < 4.78 is 31.7. The summed E-state index contributed by atoms with van der Waals surface area (Å²) in [5.74, 6) is -0.990. The lowest BCUT2D eigenvalue weighted by Gasteiger charge is -2.20. The number of methoxy groups -OCH3 is 1. The van der Waals surface area contributed by atoms with E-state index in [1.165, 1.54) is 6.07 Å². The SMILES string of the molecule is CCNC(Cc1ccc(F)c(F)c1)c1ccncc1OC. The number of pyridine rings is 1. The van der Waals surface area contributed by atoms with E-state index in [9.17, 15) is 8.78 Å². The molecule has 2 rings (SSSR count). The first kappa shape index (κ1) is 15.4. The number of hydrogen-bond donors (Lipinski definition) is 1. The number of likely N-dealkylation sites (N-methyl/N-ethyl adjacent to an activating group) is 1. The van der Waals surface area contributed by atoms with E-state index in [-0.39, 0.29) is 6.04 Å². The molecule has 1 atom stereocenters. The van der Waals surface area contributed by atoms with Crippen LogP contribution in [-0.4, -0.2) is 18.6 Å². The van der Waals surface area contributed by atoms with Gasteiger partial charge in [-0.15, -0.1) is 0 Å². The Morgan fingerprint density at radius 1 is 1.24 bits per heavy atom. The van der Waals surface area contributed by atoms with Gasteiger partial charge >= 0.3 is 0 Å². The molecule has 1 aromatic heterocycles. The molecule has 1 N–H and O–H groups in total. The zero-order chi connectivity index (χ0) is 15.2. The smallest absolute Gasteiger partial charge is 0.159 e. The molecule has 1 heterocycles. The van der Waals surface area contributed by atoms with E-state index in [1.807, 2.05) is 13.0 Å². The van der Waals surface area contributed by atoms with E-state index in [0.717, 1.165) is 23.7 Å². The molecular formula is C16H18F2N2O. The maximum Gasteiger partial charge on any atom is 0.159 e. The lowest BCUT2D eigenvalue weighted by atomic mass is 9.98. The summed E-state index contributed by atoms with van der Waals surface area (Å²) in [7, 11) is 1.58. The monoisotopic (exact) mass is 292 g/mol. The fraction of sp³-hybridized carbons (Fsp3) is 0.312. The first-order valence-corrected chi connectivity index (χ1v) is 6.81. The van der Waals surface area contributed by atoms with Crippen LogP contribution in [0, 0.1) is 11.6 Å². The van der Waals surface area contributed by atoms with Crippen LogP contribution in [0.5, 0.6) is 5.75 Å². The summed E-state index contributed by atoms with van der Waals surface area (Å²) in [5, 5.41) is 3.33. The van der Waals surface area contributed by atoms with Crippen LogP contribution < -0.4 is 10.1 Å². The Kier molecular flexibility index (Phi) is 5.22. The second kappa shape index (κ2) is 7.13. The highest BCUT2D eigenvalue weighted by atomic mass is 19.2. The maximum absolute atomic E-state index is 13.3. The summed E-state index contributed by atoms with van der Waals surface area (Å²) in [4.78, 5) is 4.03. The Morgan fingerprint density at radius 3 is 2.71 bits per heavy atom. The van der Waals surface area contributed by atoms with Crippen molar-refractivity contribution in [3.05, 3.63) is 59.4 Å².